The van der Waals surface area contributed by atoms with Crippen molar-refractivity contribution in [1.82, 2.24) is 10.3 Å². The maximum absolute atomic E-state index is 13.6. The number of rotatable bonds is 7. The summed E-state index contributed by atoms with van der Waals surface area (Å²) in [6, 6.07) is 27.2. The minimum Gasteiger partial charge on any atom is -0.449 e. The van der Waals surface area contributed by atoms with E-state index in [-0.39, 0.29) is 24.2 Å². The summed E-state index contributed by atoms with van der Waals surface area (Å²) in [5.74, 6) is -0.775. The van der Waals surface area contributed by atoms with Crippen LogP contribution in [0.3, 0.4) is 0 Å². The zero-order chi connectivity index (χ0) is 28.3. The molecule has 2 N–H and O–H groups in total. The molecule has 8 heteroatoms. The molecule has 6 rings (SSSR count). The average Bonchev–Trinajstić information content (AvgIpc) is 3.56. The van der Waals surface area contributed by atoms with Gasteiger partial charge in [-0.15, -0.1) is 11.3 Å². The first-order chi connectivity index (χ1) is 20.0. The number of hydrogen-bond donors (Lipinski definition) is 2. The fourth-order valence-electron chi connectivity index (χ4n) is 5.13. The molecule has 2 heterocycles. The number of ether oxygens (including phenoxy) is 1. The summed E-state index contributed by atoms with van der Waals surface area (Å²) in [6.07, 6.45) is 2.73. The SMILES string of the molecule is C[C@H](NC(=O)OCC1c2ccccc2-c2ccccc21)C(=O)Nc1cc(-c2ccc(F)cc2)c(-c2ccncc2)s1. The number of amides is 2. The van der Waals surface area contributed by atoms with Crippen LogP contribution < -0.4 is 10.6 Å². The highest BCUT2D eigenvalue weighted by Gasteiger charge is 2.29. The Hall–Kier alpha value is -4.82. The highest BCUT2D eigenvalue weighted by atomic mass is 32.1. The molecule has 0 bridgehead atoms. The topological polar surface area (TPSA) is 80.3 Å². The van der Waals surface area contributed by atoms with Crippen molar-refractivity contribution in [2.24, 2.45) is 0 Å². The van der Waals surface area contributed by atoms with Crippen molar-refractivity contribution in [1.29, 1.82) is 0 Å². The summed E-state index contributed by atoms with van der Waals surface area (Å²) < 4.78 is 19.2. The van der Waals surface area contributed by atoms with Crippen LogP contribution in [0.1, 0.15) is 24.0 Å². The fraction of sp³-hybridized carbons (Fsp3) is 0.121. The second kappa shape index (κ2) is 11.3. The van der Waals surface area contributed by atoms with Crippen LogP contribution in [-0.4, -0.2) is 29.6 Å². The minimum atomic E-state index is -0.841. The lowest BCUT2D eigenvalue weighted by atomic mass is 9.98. The van der Waals surface area contributed by atoms with E-state index >= 15 is 0 Å². The van der Waals surface area contributed by atoms with Crippen LogP contribution in [0.25, 0.3) is 32.7 Å². The van der Waals surface area contributed by atoms with Gasteiger partial charge in [-0.1, -0.05) is 60.7 Å². The van der Waals surface area contributed by atoms with Gasteiger partial charge < -0.3 is 15.4 Å². The average molecular weight is 564 g/mol. The Kier molecular flexibility index (Phi) is 7.31. The van der Waals surface area contributed by atoms with Gasteiger partial charge in [-0.2, -0.15) is 0 Å². The number of benzene rings is 3. The van der Waals surface area contributed by atoms with Gasteiger partial charge in [0.15, 0.2) is 0 Å². The van der Waals surface area contributed by atoms with Crippen LogP contribution in [-0.2, 0) is 9.53 Å². The van der Waals surface area contributed by atoms with E-state index in [1.54, 1.807) is 31.5 Å². The molecule has 0 fully saturated rings. The minimum absolute atomic E-state index is 0.0695. The van der Waals surface area contributed by atoms with E-state index in [9.17, 15) is 14.0 Å². The number of fused-ring (bicyclic) bond motifs is 3. The van der Waals surface area contributed by atoms with Gasteiger partial charge in [-0.3, -0.25) is 9.78 Å². The van der Waals surface area contributed by atoms with Crippen molar-refractivity contribution in [3.05, 3.63) is 120 Å². The van der Waals surface area contributed by atoms with E-state index in [0.29, 0.717) is 5.00 Å². The maximum Gasteiger partial charge on any atom is 0.407 e. The van der Waals surface area contributed by atoms with Crippen molar-refractivity contribution in [2.75, 3.05) is 11.9 Å². The lowest BCUT2D eigenvalue weighted by Crippen LogP contribution is -2.42. The Labute approximate surface area is 240 Å². The molecule has 1 aliphatic carbocycles. The molecule has 1 atom stereocenters. The number of pyridine rings is 1. The molecule has 2 aromatic heterocycles. The number of alkyl carbamates (subject to hydrolysis) is 1. The third-order valence-electron chi connectivity index (χ3n) is 7.15. The molecule has 3 aromatic carbocycles. The van der Waals surface area contributed by atoms with Gasteiger partial charge >= 0.3 is 6.09 Å². The van der Waals surface area contributed by atoms with Gasteiger partial charge in [-0.25, -0.2) is 9.18 Å². The molecular weight excluding hydrogens is 537 g/mol. The van der Waals surface area contributed by atoms with Gasteiger partial charge in [0.1, 0.15) is 18.5 Å². The standard InChI is InChI=1S/C33H26FN3O3S/c1-20(36-33(39)40-19-29-26-8-4-2-6-24(26)25-7-3-5-9-27(25)29)32(38)37-30-18-28(21-10-12-23(34)13-11-21)31(41-30)22-14-16-35-17-15-22/h2-18,20,29H,19H2,1H3,(H,36,39)(H,37,38)/t20-/m0/s1. The summed E-state index contributed by atoms with van der Waals surface area (Å²) in [5, 5.41) is 6.15. The highest BCUT2D eigenvalue weighted by molar-refractivity contribution is 7.20. The zero-order valence-electron chi connectivity index (χ0n) is 22.1. The van der Waals surface area contributed by atoms with Crippen molar-refractivity contribution in [3.63, 3.8) is 0 Å². The van der Waals surface area contributed by atoms with E-state index in [1.165, 1.54) is 23.5 Å². The van der Waals surface area contributed by atoms with E-state index < -0.39 is 12.1 Å². The van der Waals surface area contributed by atoms with Crippen LogP contribution in [0.2, 0.25) is 0 Å². The van der Waals surface area contributed by atoms with E-state index in [1.807, 2.05) is 42.5 Å². The van der Waals surface area contributed by atoms with Gasteiger partial charge in [0.2, 0.25) is 5.91 Å². The molecule has 0 aliphatic heterocycles. The maximum atomic E-state index is 13.6. The first-order valence-corrected chi connectivity index (χ1v) is 14.0. The predicted molar refractivity (Wildman–Crippen MR) is 159 cm³/mol. The second-order valence-corrected chi connectivity index (χ2v) is 10.8. The van der Waals surface area contributed by atoms with Crippen LogP contribution in [0, 0.1) is 5.82 Å². The Morgan fingerprint density at radius 1 is 0.878 bits per heavy atom. The third kappa shape index (κ3) is 5.47. The summed E-state index contributed by atoms with van der Waals surface area (Å²) in [5.41, 5.74) is 7.13. The normalized spacial score (nSPS) is 12.7. The van der Waals surface area contributed by atoms with Crippen LogP contribution in [0.4, 0.5) is 14.2 Å². The Morgan fingerprint density at radius 3 is 2.17 bits per heavy atom. The smallest absolute Gasteiger partial charge is 0.407 e. The van der Waals surface area contributed by atoms with E-state index in [2.05, 4.69) is 39.9 Å². The number of thiophene rings is 1. The molecule has 2 amide bonds. The number of aromatic nitrogens is 1. The largest absolute Gasteiger partial charge is 0.449 e. The molecule has 41 heavy (non-hydrogen) atoms. The number of hydrogen-bond acceptors (Lipinski definition) is 5. The predicted octanol–water partition coefficient (Wildman–Crippen LogP) is 7.48. The summed E-state index contributed by atoms with van der Waals surface area (Å²) in [6.45, 7) is 1.77. The molecule has 0 saturated carbocycles. The van der Waals surface area contributed by atoms with Gasteiger partial charge in [0.25, 0.3) is 0 Å². The Morgan fingerprint density at radius 2 is 1.51 bits per heavy atom. The molecule has 204 valence electrons. The lowest BCUT2D eigenvalue weighted by molar-refractivity contribution is -0.117. The molecule has 5 aromatic rings. The molecule has 0 unspecified atom stereocenters. The fourth-order valence-corrected chi connectivity index (χ4v) is 6.22. The zero-order valence-corrected chi connectivity index (χ0v) is 23.0. The number of halogens is 1. The lowest BCUT2D eigenvalue weighted by Gasteiger charge is -2.17. The number of nitrogens with one attached hydrogen (secondary N) is 2. The van der Waals surface area contributed by atoms with Crippen molar-refractivity contribution >= 4 is 28.3 Å². The van der Waals surface area contributed by atoms with Crippen molar-refractivity contribution in [2.45, 2.75) is 18.9 Å². The van der Waals surface area contributed by atoms with Crippen molar-refractivity contribution < 1.29 is 18.7 Å². The second-order valence-electron chi connectivity index (χ2n) is 9.78. The number of carbonyl (C=O) groups is 2. The first kappa shape index (κ1) is 26.4. The molecule has 0 saturated heterocycles. The molecule has 0 radical (unpaired) electrons. The number of anilines is 1. The van der Waals surface area contributed by atoms with Gasteiger partial charge in [0.05, 0.1) is 5.00 Å². The van der Waals surface area contributed by atoms with Crippen LogP contribution in [0.5, 0.6) is 0 Å². The highest BCUT2D eigenvalue weighted by Crippen LogP contribution is 2.45. The van der Waals surface area contributed by atoms with E-state index in [4.69, 9.17) is 4.74 Å². The Bertz CT molecular complexity index is 1670. The summed E-state index contributed by atoms with van der Waals surface area (Å²) in [4.78, 5) is 30.7. The molecular formula is C33H26FN3O3S. The summed E-state index contributed by atoms with van der Waals surface area (Å²) >= 11 is 1.39. The molecule has 6 nitrogen and oxygen atoms in total. The van der Waals surface area contributed by atoms with E-state index in [0.717, 1.165) is 43.8 Å². The van der Waals surface area contributed by atoms with Gasteiger partial charge in [-0.05, 0) is 70.6 Å². The van der Waals surface area contributed by atoms with Gasteiger partial charge in [0, 0.05) is 28.8 Å². The quantitative estimate of drug-likeness (QED) is 0.215. The Balaban J connectivity index is 1.12. The number of nitrogens with zero attached hydrogens (tertiary/aromatic N) is 1. The first-order valence-electron chi connectivity index (χ1n) is 13.2. The molecule has 0 spiro atoms. The van der Waals surface area contributed by atoms with Crippen LogP contribution >= 0.6 is 11.3 Å². The monoisotopic (exact) mass is 563 g/mol. The summed E-state index contributed by atoms with van der Waals surface area (Å²) in [7, 11) is 0. The van der Waals surface area contributed by atoms with Crippen LogP contribution in [0.15, 0.2) is 103 Å². The third-order valence-corrected chi connectivity index (χ3v) is 8.25. The molecule has 1 aliphatic rings. The van der Waals surface area contributed by atoms with Crippen molar-refractivity contribution in [3.8, 4) is 32.7 Å². The number of carbonyl (C=O) groups excluding carboxylic acids is 2.